The predicted octanol–water partition coefficient (Wildman–Crippen LogP) is 1.64. The number of carbonyl (C=O) groups excluding carboxylic acids is 1. The van der Waals surface area contributed by atoms with Gasteiger partial charge in [-0.25, -0.2) is 9.97 Å². The highest BCUT2D eigenvalue weighted by molar-refractivity contribution is 7.98. The van der Waals surface area contributed by atoms with Crippen LogP contribution in [0.3, 0.4) is 0 Å². The second kappa shape index (κ2) is 3.10. The second-order valence-electron chi connectivity index (χ2n) is 3.04. The maximum absolute atomic E-state index is 11.4. The van der Waals surface area contributed by atoms with Gasteiger partial charge in [0.2, 0.25) is 0 Å². The van der Waals surface area contributed by atoms with Crippen molar-refractivity contribution in [3.05, 3.63) is 17.0 Å². The molecule has 0 aromatic carbocycles. The van der Waals surface area contributed by atoms with Crippen molar-refractivity contribution in [2.45, 2.75) is 24.9 Å². The van der Waals surface area contributed by atoms with Gasteiger partial charge in [-0.15, -0.1) is 0 Å². The standard InChI is InChI=1S/C9H10N2OS/c1-5-8-6(3-4-7(8)12)11-9(10-5)13-2/h3-4H2,1-2H3. The first kappa shape index (κ1) is 8.69. The van der Waals surface area contributed by atoms with Crippen molar-refractivity contribution in [1.82, 2.24) is 9.97 Å². The van der Waals surface area contributed by atoms with Gasteiger partial charge in [-0.2, -0.15) is 0 Å². The van der Waals surface area contributed by atoms with Gasteiger partial charge in [-0.1, -0.05) is 11.8 Å². The highest BCUT2D eigenvalue weighted by atomic mass is 32.2. The molecule has 1 heterocycles. The van der Waals surface area contributed by atoms with E-state index in [0.29, 0.717) is 6.42 Å². The van der Waals surface area contributed by atoms with Crippen LogP contribution in [0, 0.1) is 6.92 Å². The van der Waals surface area contributed by atoms with Crippen molar-refractivity contribution in [1.29, 1.82) is 0 Å². The minimum absolute atomic E-state index is 0.195. The van der Waals surface area contributed by atoms with Crippen LogP contribution in [0.4, 0.5) is 0 Å². The number of Topliss-reactive ketones (excluding diaryl/α,β-unsaturated/α-hetero) is 1. The van der Waals surface area contributed by atoms with E-state index in [1.165, 1.54) is 11.8 Å². The Kier molecular flexibility index (Phi) is 2.07. The summed E-state index contributed by atoms with van der Waals surface area (Å²) in [4.78, 5) is 20.0. The fraction of sp³-hybridized carbons (Fsp3) is 0.444. The van der Waals surface area contributed by atoms with Crippen LogP contribution in [0.25, 0.3) is 0 Å². The maximum atomic E-state index is 11.4. The smallest absolute Gasteiger partial charge is 0.187 e. The Morgan fingerprint density at radius 1 is 1.31 bits per heavy atom. The minimum Gasteiger partial charge on any atom is -0.294 e. The van der Waals surface area contributed by atoms with E-state index < -0.39 is 0 Å². The predicted molar refractivity (Wildman–Crippen MR) is 51.2 cm³/mol. The van der Waals surface area contributed by atoms with Crippen LogP contribution in [0.5, 0.6) is 0 Å². The number of aromatic nitrogens is 2. The van der Waals surface area contributed by atoms with E-state index in [0.717, 1.165) is 28.5 Å². The number of aryl methyl sites for hydroxylation is 2. The maximum Gasteiger partial charge on any atom is 0.187 e. The molecule has 0 amide bonds. The number of thioether (sulfide) groups is 1. The molecule has 0 saturated heterocycles. The van der Waals surface area contributed by atoms with Crippen molar-refractivity contribution in [3.8, 4) is 0 Å². The Balaban J connectivity index is 2.59. The van der Waals surface area contributed by atoms with Gasteiger partial charge in [0.1, 0.15) is 0 Å². The number of hydrogen-bond donors (Lipinski definition) is 0. The van der Waals surface area contributed by atoms with E-state index in [9.17, 15) is 4.79 Å². The molecule has 0 unspecified atom stereocenters. The molecule has 0 radical (unpaired) electrons. The van der Waals surface area contributed by atoms with Gasteiger partial charge in [0.15, 0.2) is 10.9 Å². The SMILES string of the molecule is CSc1nc(C)c2c(n1)CCC2=O. The summed E-state index contributed by atoms with van der Waals surface area (Å²) >= 11 is 1.52. The lowest BCUT2D eigenvalue weighted by Crippen LogP contribution is -2.01. The van der Waals surface area contributed by atoms with Gasteiger partial charge >= 0.3 is 0 Å². The third-order valence-electron chi connectivity index (χ3n) is 2.19. The van der Waals surface area contributed by atoms with E-state index >= 15 is 0 Å². The van der Waals surface area contributed by atoms with Crippen molar-refractivity contribution in [2.24, 2.45) is 0 Å². The van der Waals surface area contributed by atoms with Gasteiger partial charge in [0, 0.05) is 6.42 Å². The molecule has 68 valence electrons. The lowest BCUT2D eigenvalue weighted by Gasteiger charge is -2.02. The Labute approximate surface area is 81.0 Å². The average molecular weight is 194 g/mol. The number of nitrogens with zero attached hydrogens (tertiary/aromatic N) is 2. The number of fused-ring (bicyclic) bond motifs is 1. The molecular weight excluding hydrogens is 184 g/mol. The topological polar surface area (TPSA) is 42.9 Å². The van der Waals surface area contributed by atoms with E-state index in [1.807, 2.05) is 13.2 Å². The van der Waals surface area contributed by atoms with Crippen LogP contribution >= 0.6 is 11.8 Å². The summed E-state index contributed by atoms with van der Waals surface area (Å²) in [5.74, 6) is 0.195. The Morgan fingerprint density at radius 3 is 2.77 bits per heavy atom. The molecule has 4 heteroatoms. The largest absolute Gasteiger partial charge is 0.294 e. The van der Waals surface area contributed by atoms with Gasteiger partial charge in [0.05, 0.1) is 17.0 Å². The van der Waals surface area contributed by atoms with Gasteiger partial charge < -0.3 is 0 Å². The summed E-state index contributed by atoms with van der Waals surface area (Å²) in [5, 5.41) is 0.769. The minimum atomic E-state index is 0.195. The van der Waals surface area contributed by atoms with Crippen LogP contribution in [-0.2, 0) is 6.42 Å². The number of ketones is 1. The molecule has 0 aliphatic heterocycles. The van der Waals surface area contributed by atoms with Crippen LogP contribution in [0.15, 0.2) is 5.16 Å². The van der Waals surface area contributed by atoms with Crippen LogP contribution in [-0.4, -0.2) is 22.0 Å². The summed E-state index contributed by atoms with van der Waals surface area (Å²) in [5.41, 5.74) is 2.52. The van der Waals surface area contributed by atoms with E-state index in [-0.39, 0.29) is 5.78 Å². The van der Waals surface area contributed by atoms with Crippen LogP contribution in [0.2, 0.25) is 0 Å². The molecule has 0 N–H and O–H groups in total. The zero-order chi connectivity index (χ0) is 9.42. The summed E-state index contributed by atoms with van der Waals surface area (Å²) in [6.07, 6.45) is 3.33. The second-order valence-corrected chi connectivity index (χ2v) is 3.81. The molecule has 1 aliphatic carbocycles. The zero-order valence-electron chi connectivity index (χ0n) is 7.63. The van der Waals surface area contributed by atoms with Gasteiger partial charge in [-0.3, -0.25) is 4.79 Å². The fourth-order valence-corrected chi connectivity index (χ4v) is 2.03. The van der Waals surface area contributed by atoms with E-state index in [2.05, 4.69) is 9.97 Å². The highest BCUT2D eigenvalue weighted by Gasteiger charge is 2.24. The Bertz CT molecular complexity index is 376. The average Bonchev–Trinajstić information content (AvgIpc) is 2.48. The van der Waals surface area contributed by atoms with Crippen molar-refractivity contribution >= 4 is 17.5 Å². The summed E-state index contributed by atoms with van der Waals surface area (Å²) in [6.45, 7) is 1.88. The first-order valence-corrected chi connectivity index (χ1v) is 5.39. The molecule has 1 aliphatic rings. The summed E-state index contributed by atoms with van der Waals surface area (Å²) in [7, 11) is 0. The van der Waals surface area contributed by atoms with E-state index in [4.69, 9.17) is 0 Å². The number of rotatable bonds is 1. The van der Waals surface area contributed by atoms with Crippen LogP contribution < -0.4 is 0 Å². The van der Waals surface area contributed by atoms with Crippen molar-refractivity contribution in [3.63, 3.8) is 0 Å². The monoisotopic (exact) mass is 194 g/mol. The fourth-order valence-electron chi connectivity index (χ4n) is 1.60. The normalized spacial score (nSPS) is 14.8. The molecule has 0 fully saturated rings. The quantitative estimate of drug-likeness (QED) is 0.503. The summed E-state index contributed by atoms with van der Waals surface area (Å²) < 4.78 is 0. The molecule has 13 heavy (non-hydrogen) atoms. The van der Waals surface area contributed by atoms with Gasteiger partial charge in [-0.05, 0) is 19.6 Å². The summed E-state index contributed by atoms with van der Waals surface area (Å²) in [6, 6.07) is 0. The molecule has 2 rings (SSSR count). The molecular formula is C9H10N2OS. The van der Waals surface area contributed by atoms with Crippen molar-refractivity contribution < 1.29 is 4.79 Å². The lowest BCUT2D eigenvalue weighted by molar-refractivity contribution is 0.0993. The molecule has 0 atom stereocenters. The zero-order valence-corrected chi connectivity index (χ0v) is 8.44. The molecule has 1 aromatic rings. The van der Waals surface area contributed by atoms with Crippen molar-refractivity contribution in [2.75, 3.05) is 6.26 Å². The van der Waals surface area contributed by atoms with Gasteiger partial charge in [0.25, 0.3) is 0 Å². The Morgan fingerprint density at radius 2 is 2.08 bits per heavy atom. The first-order valence-electron chi connectivity index (χ1n) is 4.17. The molecule has 3 nitrogen and oxygen atoms in total. The first-order chi connectivity index (χ1) is 6.22. The number of carbonyl (C=O) groups is 1. The highest BCUT2D eigenvalue weighted by Crippen LogP contribution is 2.24. The van der Waals surface area contributed by atoms with E-state index in [1.54, 1.807) is 0 Å². The molecule has 0 saturated carbocycles. The van der Waals surface area contributed by atoms with Crippen LogP contribution in [0.1, 0.15) is 28.2 Å². The molecule has 0 bridgehead atoms. The Hall–Kier alpha value is -0.900. The lowest BCUT2D eigenvalue weighted by atomic mass is 10.2. The third kappa shape index (κ3) is 1.35. The molecule has 1 aromatic heterocycles. The third-order valence-corrected chi connectivity index (χ3v) is 2.74. The molecule has 0 spiro atoms. The number of hydrogen-bond acceptors (Lipinski definition) is 4.